The molecule has 0 fully saturated rings. The standard InChI is InChI=1S/C15H25N3O/c1-14(2,3)10-15(4,5)18-13(19)8-12-7-6-11(16)9-17-12/h6-7,9H,8,10,16H2,1-5H3,(H,18,19). The Morgan fingerprint density at radius 2 is 1.89 bits per heavy atom. The van der Waals surface area contributed by atoms with Gasteiger partial charge in [0.25, 0.3) is 0 Å². The SMILES string of the molecule is CC(C)(C)CC(C)(C)NC(=O)Cc1ccc(N)cn1. The van der Waals surface area contributed by atoms with Gasteiger partial charge in [-0.15, -0.1) is 0 Å². The summed E-state index contributed by atoms with van der Waals surface area (Å²) in [5.41, 5.74) is 6.87. The van der Waals surface area contributed by atoms with Crippen molar-refractivity contribution in [2.75, 3.05) is 5.73 Å². The van der Waals surface area contributed by atoms with E-state index in [1.54, 1.807) is 18.3 Å². The maximum atomic E-state index is 12.0. The Kier molecular flexibility index (Phi) is 4.56. The Morgan fingerprint density at radius 1 is 1.26 bits per heavy atom. The van der Waals surface area contributed by atoms with Crippen LogP contribution in [0.15, 0.2) is 18.3 Å². The third-order valence-electron chi connectivity index (χ3n) is 2.64. The summed E-state index contributed by atoms with van der Waals surface area (Å²) in [6, 6.07) is 3.54. The van der Waals surface area contributed by atoms with Crippen molar-refractivity contribution in [1.82, 2.24) is 10.3 Å². The fourth-order valence-corrected chi connectivity index (χ4v) is 2.50. The third-order valence-corrected chi connectivity index (χ3v) is 2.64. The van der Waals surface area contributed by atoms with Crippen LogP contribution in [0.3, 0.4) is 0 Å². The highest BCUT2D eigenvalue weighted by atomic mass is 16.1. The zero-order valence-electron chi connectivity index (χ0n) is 12.6. The monoisotopic (exact) mass is 263 g/mol. The fourth-order valence-electron chi connectivity index (χ4n) is 2.50. The van der Waals surface area contributed by atoms with Crippen molar-refractivity contribution in [2.24, 2.45) is 5.41 Å². The van der Waals surface area contributed by atoms with Crippen LogP contribution >= 0.6 is 0 Å². The molecule has 0 unspecified atom stereocenters. The number of aromatic nitrogens is 1. The normalized spacial score (nSPS) is 12.3. The van der Waals surface area contributed by atoms with Gasteiger partial charge >= 0.3 is 0 Å². The molecule has 4 heteroatoms. The average molecular weight is 263 g/mol. The van der Waals surface area contributed by atoms with Crippen LogP contribution in [0.25, 0.3) is 0 Å². The lowest BCUT2D eigenvalue weighted by atomic mass is 9.82. The van der Waals surface area contributed by atoms with Crippen molar-refractivity contribution in [2.45, 2.75) is 53.0 Å². The summed E-state index contributed by atoms with van der Waals surface area (Å²) in [5.74, 6) is -0.00785. The van der Waals surface area contributed by atoms with Crippen LogP contribution in [0.5, 0.6) is 0 Å². The summed E-state index contributed by atoms with van der Waals surface area (Å²) in [6.45, 7) is 10.6. The van der Waals surface area contributed by atoms with E-state index in [2.05, 4.69) is 31.1 Å². The molecule has 106 valence electrons. The minimum atomic E-state index is -0.219. The average Bonchev–Trinajstić information content (AvgIpc) is 2.16. The van der Waals surface area contributed by atoms with E-state index in [0.29, 0.717) is 5.69 Å². The van der Waals surface area contributed by atoms with E-state index in [9.17, 15) is 4.79 Å². The number of rotatable bonds is 4. The summed E-state index contributed by atoms with van der Waals surface area (Å²) in [5, 5.41) is 3.07. The molecule has 1 aromatic rings. The highest BCUT2D eigenvalue weighted by Gasteiger charge is 2.26. The van der Waals surface area contributed by atoms with Crippen molar-refractivity contribution in [1.29, 1.82) is 0 Å². The molecule has 0 saturated carbocycles. The van der Waals surface area contributed by atoms with Gasteiger partial charge in [0.1, 0.15) is 0 Å². The second kappa shape index (κ2) is 5.59. The topological polar surface area (TPSA) is 68.0 Å². The first-order chi connectivity index (χ1) is 8.57. The van der Waals surface area contributed by atoms with Crippen molar-refractivity contribution >= 4 is 11.6 Å². The molecule has 0 radical (unpaired) electrons. The lowest BCUT2D eigenvalue weighted by Gasteiger charge is -2.33. The van der Waals surface area contributed by atoms with Gasteiger partial charge in [-0.25, -0.2) is 0 Å². The maximum absolute atomic E-state index is 12.0. The lowest BCUT2D eigenvalue weighted by Crippen LogP contribution is -2.46. The van der Waals surface area contributed by atoms with E-state index in [-0.39, 0.29) is 23.3 Å². The third kappa shape index (κ3) is 6.22. The lowest BCUT2D eigenvalue weighted by molar-refractivity contribution is -0.122. The Morgan fingerprint density at radius 3 is 2.37 bits per heavy atom. The zero-order valence-corrected chi connectivity index (χ0v) is 12.6. The summed E-state index contributed by atoms with van der Waals surface area (Å²) < 4.78 is 0. The minimum absolute atomic E-state index is 0.00785. The van der Waals surface area contributed by atoms with Gasteiger partial charge in [-0.3, -0.25) is 9.78 Å². The number of nitrogens with two attached hydrogens (primary N) is 1. The quantitative estimate of drug-likeness (QED) is 0.877. The van der Waals surface area contributed by atoms with Gasteiger partial charge < -0.3 is 11.1 Å². The van der Waals surface area contributed by atoms with Crippen LogP contribution in [0.1, 0.15) is 46.7 Å². The highest BCUT2D eigenvalue weighted by Crippen LogP contribution is 2.26. The van der Waals surface area contributed by atoms with Crippen molar-refractivity contribution in [3.05, 3.63) is 24.0 Å². The van der Waals surface area contributed by atoms with E-state index in [4.69, 9.17) is 5.73 Å². The number of nitrogens with one attached hydrogen (secondary N) is 1. The smallest absolute Gasteiger partial charge is 0.226 e. The molecule has 1 rings (SSSR count). The highest BCUT2D eigenvalue weighted by molar-refractivity contribution is 5.78. The molecule has 0 atom stereocenters. The Hall–Kier alpha value is -1.58. The van der Waals surface area contributed by atoms with Gasteiger partial charge in [-0.1, -0.05) is 20.8 Å². The predicted octanol–water partition coefficient (Wildman–Crippen LogP) is 2.54. The summed E-state index contributed by atoms with van der Waals surface area (Å²) in [4.78, 5) is 16.2. The van der Waals surface area contributed by atoms with Crippen LogP contribution in [0.4, 0.5) is 5.69 Å². The second-order valence-electron chi connectivity index (χ2n) is 6.93. The number of anilines is 1. The number of pyridine rings is 1. The Bertz CT molecular complexity index is 430. The van der Waals surface area contributed by atoms with Crippen molar-refractivity contribution < 1.29 is 4.79 Å². The molecular weight excluding hydrogens is 238 g/mol. The minimum Gasteiger partial charge on any atom is -0.397 e. The molecule has 4 nitrogen and oxygen atoms in total. The maximum Gasteiger partial charge on any atom is 0.226 e. The van der Waals surface area contributed by atoms with Crippen LogP contribution in [-0.4, -0.2) is 16.4 Å². The molecular formula is C15H25N3O. The molecule has 0 saturated heterocycles. The molecule has 3 N–H and O–H groups in total. The van der Waals surface area contributed by atoms with Gasteiger partial charge in [-0.2, -0.15) is 0 Å². The van der Waals surface area contributed by atoms with Gasteiger partial charge in [0, 0.05) is 11.2 Å². The summed E-state index contributed by atoms with van der Waals surface area (Å²) in [7, 11) is 0. The van der Waals surface area contributed by atoms with Crippen LogP contribution < -0.4 is 11.1 Å². The number of hydrogen-bond acceptors (Lipinski definition) is 3. The van der Waals surface area contributed by atoms with Crippen molar-refractivity contribution in [3.63, 3.8) is 0 Å². The number of nitrogens with zero attached hydrogens (tertiary/aromatic N) is 1. The van der Waals surface area contributed by atoms with Crippen LogP contribution in [-0.2, 0) is 11.2 Å². The molecule has 0 spiro atoms. The molecule has 1 amide bonds. The first-order valence-corrected chi connectivity index (χ1v) is 6.59. The molecule has 0 aliphatic carbocycles. The number of amides is 1. The Labute approximate surface area is 115 Å². The first kappa shape index (κ1) is 15.5. The van der Waals surface area contributed by atoms with E-state index >= 15 is 0 Å². The largest absolute Gasteiger partial charge is 0.397 e. The molecule has 19 heavy (non-hydrogen) atoms. The predicted molar refractivity (Wildman–Crippen MR) is 78.6 cm³/mol. The summed E-state index contributed by atoms with van der Waals surface area (Å²) in [6.07, 6.45) is 2.78. The number of hydrogen-bond donors (Lipinski definition) is 2. The number of carbonyl (C=O) groups excluding carboxylic acids is 1. The van der Waals surface area contributed by atoms with Gasteiger partial charge in [0.2, 0.25) is 5.91 Å². The van der Waals surface area contributed by atoms with E-state index < -0.39 is 0 Å². The van der Waals surface area contributed by atoms with Gasteiger partial charge in [0.05, 0.1) is 18.3 Å². The van der Waals surface area contributed by atoms with Crippen LogP contribution in [0.2, 0.25) is 0 Å². The number of carbonyl (C=O) groups is 1. The van der Waals surface area contributed by atoms with Gasteiger partial charge in [-0.05, 0) is 37.8 Å². The fraction of sp³-hybridized carbons (Fsp3) is 0.600. The van der Waals surface area contributed by atoms with Crippen molar-refractivity contribution in [3.8, 4) is 0 Å². The Balaban J connectivity index is 2.57. The second-order valence-corrected chi connectivity index (χ2v) is 6.93. The molecule has 1 aromatic heterocycles. The van der Waals surface area contributed by atoms with E-state index in [0.717, 1.165) is 12.1 Å². The molecule has 0 aliphatic heterocycles. The first-order valence-electron chi connectivity index (χ1n) is 6.59. The van der Waals surface area contributed by atoms with Gasteiger partial charge in [0.15, 0.2) is 0 Å². The zero-order chi connectivity index (χ0) is 14.7. The molecule has 0 bridgehead atoms. The van der Waals surface area contributed by atoms with E-state index in [1.807, 2.05) is 13.8 Å². The molecule has 0 aliphatic rings. The van der Waals surface area contributed by atoms with Crippen LogP contribution in [0, 0.1) is 5.41 Å². The number of nitrogen functional groups attached to an aromatic ring is 1. The molecule has 1 heterocycles. The van der Waals surface area contributed by atoms with E-state index in [1.165, 1.54) is 0 Å². The molecule has 0 aromatic carbocycles. The summed E-state index contributed by atoms with van der Waals surface area (Å²) >= 11 is 0.